The van der Waals surface area contributed by atoms with Gasteiger partial charge in [0.05, 0.1) is 16.1 Å². The quantitative estimate of drug-likeness (QED) is 0.873. The molecule has 1 aromatic carbocycles. The van der Waals surface area contributed by atoms with E-state index in [-0.39, 0.29) is 5.56 Å². The normalized spacial score (nSPS) is 13.4. The van der Waals surface area contributed by atoms with Crippen LogP contribution in [-0.4, -0.2) is 14.7 Å². The molecule has 8 heteroatoms. The fourth-order valence-corrected chi connectivity index (χ4v) is 2.63. The molecule has 21 heavy (non-hydrogen) atoms. The molecule has 3 nitrogen and oxygen atoms in total. The van der Waals surface area contributed by atoms with Crippen LogP contribution in [0.25, 0.3) is 0 Å². The standard InChI is InChI=1S/C13H12F4N2OS/c1-2-3-10-12(21-19-18-10)11(20)7-4-5-9(14)8(6-7)13(15,16)17/h4-6,11,20H,2-3H2,1H3. The van der Waals surface area contributed by atoms with Crippen LogP contribution in [0.1, 0.15) is 41.1 Å². The monoisotopic (exact) mass is 320 g/mol. The summed E-state index contributed by atoms with van der Waals surface area (Å²) in [5, 5.41) is 14.1. The Morgan fingerprint density at radius 1 is 1.33 bits per heavy atom. The molecule has 0 bridgehead atoms. The maximum Gasteiger partial charge on any atom is 0.419 e. The van der Waals surface area contributed by atoms with Crippen molar-refractivity contribution in [2.24, 2.45) is 0 Å². The van der Waals surface area contributed by atoms with Gasteiger partial charge in [-0.2, -0.15) is 13.2 Å². The number of hydrogen-bond donors (Lipinski definition) is 1. The predicted octanol–water partition coefficient (Wildman–Crippen LogP) is 3.73. The number of aromatic nitrogens is 2. The van der Waals surface area contributed by atoms with Gasteiger partial charge < -0.3 is 5.11 Å². The first-order valence-corrected chi connectivity index (χ1v) is 6.97. The highest BCUT2D eigenvalue weighted by molar-refractivity contribution is 7.05. The zero-order valence-corrected chi connectivity index (χ0v) is 11.8. The van der Waals surface area contributed by atoms with Crippen molar-refractivity contribution in [2.45, 2.75) is 32.0 Å². The second kappa shape index (κ2) is 6.07. The first kappa shape index (κ1) is 15.8. The molecule has 0 fully saturated rings. The molecule has 0 spiro atoms. The van der Waals surface area contributed by atoms with E-state index in [1.165, 1.54) is 0 Å². The van der Waals surface area contributed by atoms with Gasteiger partial charge in [0, 0.05) is 0 Å². The van der Waals surface area contributed by atoms with Crippen molar-refractivity contribution in [3.8, 4) is 0 Å². The van der Waals surface area contributed by atoms with E-state index in [1.807, 2.05) is 6.92 Å². The molecule has 1 N–H and O–H groups in total. The van der Waals surface area contributed by atoms with Crippen molar-refractivity contribution in [1.29, 1.82) is 0 Å². The second-order valence-electron chi connectivity index (χ2n) is 4.47. The van der Waals surface area contributed by atoms with Crippen LogP contribution in [0.15, 0.2) is 18.2 Å². The van der Waals surface area contributed by atoms with Crippen molar-refractivity contribution in [3.63, 3.8) is 0 Å². The van der Waals surface area contributed by atoms with Crippen LogP contribution in [-0.2, 0) is 12.6 Å². The first-order chi connectivity index (χ1) is 9.84. The van der Waals surface area contributed by atoms with Crippen molar-refractivity contribution in [1.82, 2.24) is 9.59 Å². The molecule has 0 amide bonds. The minimum atomic E-state index is -4.81. The van der Waals surface area contributed by atoms with E-state index in [0.717, 1.165) is 24.0 Å². The lowest BCUT2D eigenvalue weighted by atomic mass is 10.0. The van der Waals surface area contributed by atoms with Crippen LogP contribution in [0.5, 0.6) is 0 Å². The topological polar surface area (TPSA) is 46.0 Å². The Hall–Kier alpha value is -1.54. The van der Waals surface area contributed by atoms with Gasteiger partial charge in [0.1, 0.15) is 11.9 Å². The summed E-state index contributed by atoms with van der Waals surface area (Å²) >= 11 is 0.924. The molecule has 0 saturated carbocycles. The fourth-order valence-electron chi connectivity index (χ4n) is 1.91. The van der Waals surface area contributed by atoms with Gasteiger partial charge in [-0.25, -0.2) is 4.39 Å². The third-order valence-corrected chi connectivity index (χ3v) is 3.75. The number of rotatable bonds is 4. The maximum atomic E-state index is 13.2. The Kier molecular flexibility index (Phi) is 4.58. The molecule has 0 radical (unpaired) electrons. The van der Waals surface area contributed by atoms with Crippen molar-refractivity contribution in [3.05, 3.63) is 45.7 Å². The Morgan fingerprint density at radius 2 is 2.05 bits per heavy atom. The minimum absolute atomic E-state index is 0.0351. The Labute approximate surface area is 122 Å². The highest BCUT2D eigenvalue weighted by atomic mass is 32.1. The number of halogens is 4. The van der Waals surface area contributed by atoms with E-state index in [1.54, 1.807) is 0 Å². The van der Waals surface area contributed by atoms with Crippen LogP contribution in [0, 0.1) is 5.82 Å². The van der Waals surface area contributed by atoms with Crippen LogP contribution in [0.3, 0.4) is 0 Å². The number of aliphatic hydroxyl groups is 1. The Morgan fingerprint density at radius 3 is 2.67 bits per heavy atom. The summed E-state index contributed by atoms with van der Waals surface area (Å²) < 4.78 is 55.0. The van der Waals surface area contributed by atoms with E-state index >= 15 is 0 Å². The largest absolute Gasteiger partial charge is 0.419 e. The highest BCUT2D eigenvalue weighted by Gasteiger charge is 2.35. The zero-order chi connectivity index (χ0) is 15.6. The molecule has 1 atom stereocenters. The average molecular weight is 320 g/mol. The molecular weight excluding hydrogens is 308 g/mol. The predicted molar refractivity (Wildman–Crippen MR) is 69.4 cm³/mol. The number of aryl methyl sites for hydroxylation is 1. The van der Waals surface area contributed by atoms with Gasteiger partial charge in [-0.15, -0.1) is 5.10 Å². The third kappa shape index (κ3) is 3.38. The van der Waals surface area contributed by atoms with Gasteiger partial charge >= 0.3 is 6.18 Å². The summed E-state index contributed by atoms with van der Waals surface area (Å²) in [6.07, 6.45) is -4.77. The molecule has 0 saturated heterocycles. The van der Waals surface area contributed by atoms with Crippen molar-refractivity contribution in [2.75, 3.05) is 0 Å². The summed E-state index contributed by atoms with van der Waals surface area (Å²) in [6.45, 7) is 1.91. The molecule has 114 valence electrons. The van der Waals surface area contributed by atoms with Crippen LogP contribution in [0.2, 0.25) is 0 Å². The Bertz CT molecular complexity index is 627. The highest BCUT2D eigenvalue weighted by Crippen LogP contribution is 2.35. The van der Waals surface area contributed by atoms with Gasteiger partial charge in [0.25, 0.3) is 0 Å². The minimum Gasteiger partial charge on any atom is -0.383 e. The van der Waals surface area contributed by atoms with E-state index < -0.39 is 23.7 Å². The second-order valence-corrected chi connectivity index (χ2v) is 5.26. The lowest BCUT2D eigenvalue weighted by Crippen LogP contribution is -2.10. The number of aliphatic hydroxyl groups excluding tert-OH is 1. The summed E-state index contributed by atoms with van der Waals surface area (Å²) in [7, 11) is 0. The lowest BCUT2D eigenvalue weighted by molar-refractivity contribution is -0.140. The van der Waals surface area contributed by atoms with Gasteiger partial charge in [0.15, 0.2) is 0 Å². The molecule has 2 aromatic rings. The van der Waals surface area contributed by atoms with E-state index in [2.05, 4.69) is 9.59 Å². The average Bonchev–Trinajstić information content (AvgIpc) is 2.86. The van der Waals surface area contributed by atoms with Crippen LogP contribution in [0.4, 0.5) is 17.6 Å². The zero-order valence-electron chi connectivity index (χ0n) is 11.0. The summed E-state index contributed by atoms with van der Waals surface area (Å²) in [5.74, 6) is -1.37. The van der Waals surface area contributed by atoms with Crippen molar-refractivity contribution < 1.29 is 22.7 Å². The van der Waals surface area contributed by atoms with Crippen molar-refractivity contribution >= 4 is 11.5 Å². The molecule has 0 aliphatic rings. The van der Waals surface area contributed by atoms with Crippen LogP contribution < -0.4 is 0 Å². The third-order valence-electron chi connectivity index (χ3n) is 2.93. The van der Waals surface area contributed by atoms with Gasteiger partial charge in [-0.05, 0) is 35.6 Å². The Balaban J connectivity index is 2.40. The SMILES string of the molecule is CCCc1nnsc1C(O)c1ccc(F)c(C(F)(F)F)c1. The molecule has 2 rings (SSSR count). The van der Waals surface area contributed by atoms with Gasteiger partial charge in [0.2, 0.25) is 0 Å². The fraction of sp³-hybridized carbons (Fsp3) is 0.385. The number of benzene rings is 1. The lowest BCUT2D eigenvalue weighted by Gasteiger charge is -2.14. The van der Waals surface area contributed by atoms with E-state index in [4.69, 9.17) is 0 Å². The molecule has 0 aliphatic carbocycles. The van der Waals surface area contributed by atoms with Crippen LogP contribution >= 0.6 is 11.5 Å². The number of alkyl halides is 3. The molecule has 1 aromatic heterocycles. The smallest absolute Gasteiger partial charge is 0.383 e. The summed E-state index contributed by atoms with van der Waals surface area (Å²) in [6, 6.07) is 2.45. The first-order valence-electron chi connectivity index (χ1n) is 6.20. The number of nitrogens with zero attached hydrogens (tertiary/aromatic N) is 2. The summed E-state index contributed by atoms with van der Waals surface area (Å²) in [5.41, 5.74) is -0.881. The van der Waals surface area contributed by atoms with E-state index in [0.29, 0.717) is 29.1 Å². The van der Waals surface area contributed by atoms with E-state index in [9.17, 15) is 22.7 Å². The molecule has 1 heterocycles. The maximum absolute atomic E-state index is 13.2. The summed E-state index contributed by atoms with van der Waals surface area (Å²) in [4.78, 5) is 0.386. The molecule has 1 unspecified atom stereocenters. The van der Waals surface area contributed by atoms with Gasteiger partial charge in [-0.1, -0.05) is 23.9 Å². The molecule has 0 aliphatic heterocycles. The number of hydrogen-bond acceptors (Lipinski definition) is 4. The van der Waals surface area contributed by atoms with Gasteiger partial charge in [-0.3, -0.25) is 0 Å². The molecular formula is C13H12F4N2OS.